The standard InChI is InChI=1S/C20H23ClN4O2/c1-3-9-27-19-16(21)11-14(12-17(19)26-2)10-15(13-22)20-24-23-18-7-5-4-6-8-25(18)20/h10-12H,3-9H2,1-2H3/b15-10+. The molecule has 0 bridgehead atoms. The number of hydrogen-bond donors (Lipinski definition) is 0. The first-order valence-electron chi connectivity index (χ1n) is 9.22. The maximum Gasteiger partial charge on any atom is 0.179 e. The van der Waals surface area contributed by atoms with Crippen LogP contribution >= 0.6 is 11.6 Å². The fourth-order valence-electron chi connectivity index (χ4n) is 3.17. The lowest BCUT2D eigenvalue weighted by atomic mass is 10.1. The van der Waals surface area contributed by atoms with Gasteiger partial charge in [0.05, 0.1) is 24.3 Å². The first-order chi connectivity index (χ1) is 13.2. The Kier molecular flexibility index (Phi) is 6.36. The van der Waals surface area contributed by atoms with Crippen molar-refractivity contribution in [2.24, 2.45) is 0 Å². The molecule has 0 radical (unpaired) electrons. The van der Waals surface area contributed by atoms with E-state index >= 15 is 0 Å². The molecule has 27 heavy (non-hydrogen) atoms. The number of benzene rings is 1. The minimum absolute atomic E-state index is 0.450. The second-order valence-electron chi connectivity index (χ2n) is 6.45. The minimum atomic E-state index is 0.450. The number of halogens is 1. The van der Waals surface area contributed by atoms with Crippen LogP contribution in [-0.4, -0.2) is 28.5 Å². The Morgan fingerprint density at radius 3 is 2.93 bits per heavy atom. The number of hydrogen-bond acceptors (Lipinski definition) is 5. The minimum Gasteiger partial charge on any atom is -0.493 e. The van der Waals surface area contributed by atoms with E-state index < -0.39 is 0 Å². The van der Waals surface area contributed by atoms with Gasteiger partial charge in [-0.2, -0.15) is 5.26 Å². The summed E-state index contributed by atoms with van der Waals surface area (Å²) in [5, 5.41) is 18.7. The maximum absolute atomic E-state index is 9.71. The molecule has 1 aromatic carbocycles. The van der Waals surface area contributed by atoms with Crippen LogP contribution in [-0.2, 0) is 13.0 Å². The molecule has 0 saturated carbocycles. The molecule has 0 atom stereocenters. The second kappa shape index (κ2) is 8.92. The molecule has 0 fully saturated rings. The van der Waals surface area contributed by atoms with Gasteiger partial charge >= 0.3 is 0 Å². The number of nitriles is 1. The Labute approximate surface area is 164 Å². The molecule has 0 saturated heterocycles. The van der Waals surface area contributed by atoms with Gasteiger partial charge in [0.2, 0.25) is 0 Å². The third kappa shape index (κ3) is 4.25. The summed E-state index contributed by atoms with van der Waals surface area (Å²) < 4.78 is 13.2. The number of nitrogens with zero attached hydrogens (tertiary/aromatic N) is 4. The van der Waals surface area contributed by atoms with E-state index in [2.05, 4.69) is 20.8 Å². The zero-order chi connectivity index (χ0) is 19.2. The Morgan fingerprint density at radius 1 is 1.33 bits per heavy atom. The van der Waals surface area contributed by atoms with Gasteiger partial charge in [-0.1, -0.05) is 24.9 Å². The van der Waals surface area contributed by atoms with E-state index in [9.17, 15) is 5.26 Å². The summed E-state index contributed by atoms with van der Waals surface area (Å²) in [7, 11) is 1.57. The number of allylic oxidation sites excluding steroid dienone is 1. The van der Waals surface area contributed by atoms with Crippen LogP contribution in [0.25, 0.3) is 11.6 Å². The Bertz CT molecular complexity index is 883. The molecule has 1 aliphatic heterocycles. The number of ether oxygens (including phenoxy) is 2. The molecule has 1 aliphatic rings. The lowest BCUT2D eigenvalue weighted by Gasteiger charge is -2.13. The molecule has 2 aromatic rings. The first-order valence-corrected chi connectivity index (χ1v) is 9.60. The first kappa shape index (κ1) is 19.2. The third-order valence-electron chi connectivity index (χ3n) is 4.48. The highest BCUT2D eigenvalue weighted by molar-refractivity contribution is 6.32. The lowest BCUT2D eigenvalue weighted by molar-refractivity contribution is 0.294. The van der Waals surface area contributed by atoms with Gasteiger partial charge in [0.1, 0.15) is 11.9 Å². The molecular weight excluding hydrogens is 364 g/mol. The summed E-state index contributed by atoms with van der Waals surface area (Å²) in [6.07, 6.45) is 6.88. The number of aryl methyl sites for hydroxylation is 1. The van der Waals surface area contributed by atoms with Crippen LogP contribution < -0.4 is 9.47 Å². The number of methoxy groups -OCH3 is 1. The molecule has 0 N–H and O–H groups in total. The fourth-order valence-corrected chi connectivity index (χ4v) is 3.44. The van der Waals surface area contributed by atoms with Crippen LogP contribution in [0.1, 0.15) is 49.8 Å². The van der Waals surface area contributed by atoms with Gasteiger partial charge in [-0.25, -0.2) is 0 Å². The molecule has 1 aromatic heterocycles. The van der Waals surface area contributed by atoms with Gasteiger partial charge in [0.25, 0.3) is 0 Å². The molecule has 0 unspecified atom stereocenters. The van der Waals surface area contributed by atoms with E-state index in [0.717, 1.165) is 43.6 Å². The van der Waals surface area contributed by atoms with Crippen LogP contribution in [0, 0.1) is 11.3 Å². The summed E-state index contributed by atoms with van der Waals surface area (Å²) in [6, 6.07) is 5.84. The Morgan fingerprint density at radius 2 is 2.19 bits per heavy atom. The summed E-state index contributed by atoms with van der Waals surface area (Å²) in [5.41, 5.74) is 1.21. The predicted molar refractivity (Wildman–Crippen MR) is 105 cm³/mol. The number of rotatable bonds is 6. The molecule has 2 heterocycles. The highest BCUT2D eigenvalue weighted by Gasteiger charge is 2.18. The van der Waals surface area contributed by atoms with Crippen molar-refractivity contribution < 1.29 is 9.47 Å². The van der Waals surface area contributed by atoms with Gasteiger partial charge in [0, 0.05) is 13.0 Å². The quantitative estimate of drug-likeness (QED) is 0.682. The van der Waals surface area contributed by atoms with Crippen molar-refractivity contribution in [2.45, 2.75) is 45.6 Å². The molecule has 6 nitrogen and oxygen atoms in total. The predicted octanol–water partition coefficient (Wildman–Crippen LogP) is 4.52. The van der Waals surface area contributed by atoms with Gasteiger partial charge in [-0.15, -0.1) is 10.2 Å². The number of aromatic nitrogens is 3. The van der Waals surface area contributed by atoms with Crippen LogP contribution in [0.15, 0.2) is 12.1 Å². The van der Waals surface area contributed by atoms with E-state index in [4.69, 9.17) is 21.1 Å². The van der Waals surface area contributed by atoms with Crippen LogP contribution in [0.5, 0.6) is 11.5 Å². The van der Waals surface area contributed by atoms with Crippen molar-refractivity contribution in [3.63, 3.8) is 0 Å². The van der Waals surface area contributed by atoms with Crippen LogP contribution in [0.2, 0.25) is 5.02 Å². The van der Waals surface area contributed by atoms with Crippen LogP contribution in [0.4, 0.5) is 0 Å². The van der Waals surface area contributed by atoms with Crippen molar-refractivity contribution in [1.82, 2.24) is 14.8 Å². The summed E-state index contributed by atoms with van der Waals surface area (Å²) in [6.45, 7) is 3.42. The Balaban J connectivity index is 1.98. The SMILES string of the molecule is CCCOc1c(Cl)cc(/C=C(\C#N)c2nnc3n2CCCCC3)cc1OC. The molecule has 142 valence electrons. The normalized spacial score (nSPS) is 14.2. The van der Waals surface area contributed by atoms with Crippen molar-refractivity contribution in [2.75, 3.05) is 13.7 Å². The fraction of sp³-hybridized carbons (Fsp3) is 0.450. The molecule has 3 rings (SSSR count). The smallest absolute Gasteiger partial charge is 0.179 e. The summed E-state index contributed by atoms with van der Waals surface area (Å²) >= 11 is 6.39. The maximum atomic E-state index is 9.71. The van der Waals surface area contributed by atoms with Gasteiger partial charge < -0.3 is 14.0 Å². The van der Waals surface area contributed by atoms with Crippen molar-refractivity contribution >= 4 is 23.3 Å². The lowest BCUT2D eigenvalue weighted by Crippen LogP contribution is -2.05. The zero-order valence-corrected chi connectivity index (χ0v) is 16.4. The third-order valence-corrected chi connectivity index (χ3v) is 4.76. The Hall–Kier alpha value is -2.52. The van der Waals surface area contributed by atoms with Gasteiger partial charge in [0.15, 0.2) is 17.3 Å². The average Bonchev–Trinajstić information content (AvgIpc) is 2.92. The van der Waals surface area contributed by atoms with E-state index in [1.807, 2.05) is 13.0 Å². The topological polar surface area (TPSA) is 73.0 Å². The van der Waals surface area contributed by atoms with E-state index in [1.165, 1.54) is 6.42 Å². The molecule has 0 spiro atoms. The number of fused-ring (bicyclic) bond motifs is 1. The molecule has 0 amide bonds. The van der Waals surface area contributed by atoms with E-state index in [-0.39, 0.29) is 0 Å². The van der Waals surface area contributed by atoms with Crippen LogP contribution in [0.3, 0.4) is 0 Å². The highest BCUT2D eigenvalue weighted by atomic mass is 35.5. The largest absolute Gasteiger partial charge is 0.493 e. The van der Waals surface area contributed by atoms with E-state index in [0.29, 0.717) is 34.5 Å². The summed E-state index contributed by atoms with van der Waals surface area (Å²) in [5.74, 6) is 2.62. The zero-order valence-electron chi connectivity index (χ0n) is 15.7. The molecular formula is C20H23ClN4O2. The van der Waals surface area contributed by atoms with Gasteiger partial charge in [-0.05, 0) is 43.0 Å². The molecule has 7 heteroatoms. The highest BCUT2D eigenvalue weighted by Crippen LogP contribution is 2.37. The molecule has 0 aliphatic carbocycles. The summed E-state index contributed by atoms with van der Waals surface area (Å²) in [4.78, 5) is 0. The van der Waals surface area contributed by atoms with E-state index in [1.54, 1.807) is 19.3 Å². The van der Waals surface area contributed by atoms with Crippen molar-refractivity contribution in [3.8, 4) is 17.6 Å². The van der Waals surface area contributed by atoms with Gasteiger partial charge in [-0.3, -0.25) is 0 Å². The monoisotopic (exact) mass is 386 g/mol. The van der Waals surface area contributed by atoms with Crippen molar-refractivity contribution in [1.29, 1.82) is 5.26 Å². The average molecular weight is 387 g/mol. The second-order valence-corrected chi connectivity index (χ2v) is 6.86. The van der Waals surface area contributed by atoms with Crippen molar-refractivity contribution in [3.05, 3.63) is 34.4 Å².